The number of imidazole rings is 1. The van der Waals surface area contributed by atoms with Crippen LogP contribution in [-0.4, -0.2) is 28.5 Å². The molecule has 108 valence electrons. The second kappa shape index (κ2) is 9.55. The molecule has 1 unspecified atom stereocenters. The first-order valence-corrected chi connectivity index (χ1v) is 7.18. The van der Waals surface area contributed by atoms with Crippen LogP contribution in [0.3, 0.4) is 0 Å². The van der Waals surface area contributed by atoms with E-state index in [0.717, 1.165) is 25.8 Å². The Kier molecular flexibility index (Phi) is 7.89. The molecule has 1 amide bonds. The molecular formula is C14H26N4O. The van der Waals surface area contributed by atoms with Gasteiger partial charge in [0.1, 0.15) is 0 Å². The lowest BCUT2D eigenvalue weighted by Gasteiger charge is -2.14. The molecule has 1 rings (SSSR count). The average molecular weight is 266 g/mol. The average Bonchev–Trinajstić information content (AvgIpc) is 2.90. The Balaban J connectivity index is 2.12. The number of carbonyl (C=O) groups is 1. The van der Waals surface area contributed by atoms with Crippen molar-refractivity contribution >= 4 is 5.91 Å². The number of nitrogens with one attached hydrogen (secondary N) is 1. The van der Waals surface area contributed by atoms with Crippen LogP contribution in [0.15, 0.2) is 18.7 Å². The standard InChI is InChI=1S/C14H26N4O/c1-2-3-13(6-7-15)4-5-14(19)17-9-11-18-10-8-16-12-18/h8,10,12-13H,2-7,9,11,15H2,1H3,(H,17,19). The zero-order chi connectivity index (χ0) is 13.9. The highest BCUT2D eigenvalue weighted by Gasteiger charge is 2.09. The Morgan fingerprint density at radius 1 is 1.42 bits per heavy atom. The molecule has 0 radical (unpaired) electrons. The molecule has 0 aliphatic carbocycles. The largest absolute Gasteiger partial charge is 0.354 e. The lowest BCUT2D eigenvalue weighted by Crippen LogP contribution is -2.27. The first kappa shape index (κ1) is 15.7. The molecular weight excluding hydrogens is 240 g/mol. The van der Waals surface area contributed by atoms with Crippen LogP contribution >= 0.6 is 0 Å². The summed E-state index contributed by atoms with van der Waals surface area (Å²) < 4.78 is 1.95. The van der Waals surface area contributed by atoms with Gasteiger partial charge in [-0.1, -0.05) is 19.8 Å². The van der Waals surface area contributed by atoms with Gasteiger partial charge in [0.25, 0.3) is 0 Å². The minimum atomic E-state index is 0.137. The Hall–Kier alpha value is -1.36. The maximum Gasteiger partial charge on any atom is 0.220 e. The predicted molar refractivity (Wildman–Crippen MR) is 76.5 cm³/mol. The van der Waals surface area contributed by atoms with E-state index in [9.17, 15) is 4.79 Å². The predicted octanol–water partition coefficient (Wildman–Crippen LogP) is 1.54. The van der Waals surface area contributed by atoms with Gasteiger partial charge in [0.15, 0.2) is 0 Å². The van der Waals surface area contributed by atoms with Crippen LogP contribution in [0.25, 0.3) is 0 Å². The molecule has 19 heavy (non-hydrogen) atoms. The van der Waals surface area contributed by atoms with Crippen LogP contribution in [0, 0.1) is 5.92 Å². The summed E-state index contributed by atoms with van der Waals surface area (Å²) in [6.07, 6.45) is 10.3. The van der Waals surface area contributed by atoms with Gasteiger partial charge in [-0.25, -0.2) is 4.98 Å². The quantitative estimate of drug-likeness (QED) is 0.675. The van der Waals surface area contributed by atoms with E-state index in [1.165, 1.54) is 6.42 Å². The smallest absolute Gasteiger partial charge is 0.220 e. The maximum atomic E-state index is 11.7. The van der Waals surface area contributed by atoms with E-state index in [-0.39, 0.29) is 5.91 Å². The van der Waals surface area contributed by atoms with Gasteiger partial charge in [-0.15, -0.1) is 0 Å². The maximum absolute atomic E-state index is 11.7. The highest BCUT2D eigenvalue weighted by Crippen LogP contribution is 2.16. The van der Waals surface area contributed by atoms with Crippen molar-refractivity contribution in [2.24, 2.45) is 11.7 Å². The van der Waals surface area contributed by atoms with Crippen molar-refractivity contribution in [3.8, 4) is 0 Å². The Morgan fingerprint density at radius 3 is 2.89 bits per heavy atom. The second-order valence-electron chi connectivity index (χ2n) is 4.92. The monoisotopic (exact) mass is 266 g/mol. The van der Waals surface area contributed by atoms with Gasteiger partial charge in [0, 0.05) is 31.9 Å². The minimum Gasteiger partial charge on any atom is -0.354 e. The number of rotatable bonds is 10. The number of amides is 1. The van der Waals surface area contributed by atoms with E-state index in [0.29, 0.717) is 25.4 Å². The van der Waals surface area contributed by atoms with Crippen LogP contribution in [0.1, 0.15) is 39.0 Å². The Labute approximate surface area is 115 Å². The van der Waals surface area contributed by atoms with Gasteiger partial charge in [-0.2, -0.15) is 0 Å². The van der Waals surface area contributed by atoms with Crippen LogP contribution in [0.2, 0.25) is 0 Å². The molecule has 0 spiro atoms. The molecule has 1 atom stereocenters. The van der Waals surface area contributed by atoms with Gasteiger partial charge < -0.3 is 15.6 Å². The number of aromatic nitrogens is 2. The highest BCUT2D eigenvalue weighted by molar-refractivity contribution is 5.75. The fourth-order valence-corrected chi connectivity index (χ4v) is 2.24. The first-order chi connectivity index (χ1) is 9.26. The molecule has 5 heteroatoms. The van der Waals surface area contributed by atoms with Gasteiger partial charge in [0.05, 0.1) is 6.33 Å². The second-order valence-corrected chi connectivity index (χ2v) is 4.92. The summed E-state index contributed by atoms with van der Waals surface area (Å²) in [5.74, 6) is 0.729. The molecule has 0 aromatic carbocycles. The van der Waals surface area contributed by atoms with Crippen LogP contribution in [0.5, 0.6) is 0 Å². The molecule has 0 aliphatic rings. The zero-order valence-electron chi connectivity index (χ0n) is 11.8. The fourth-order valence-electron chi connectivity index (χ4n) is 2.24. The molecule has 1 heterocycles. The summed E-state index contributed by atoms with van der Waals surface area (Å²) in [5.41, 5.74) is 5.59. The number of nitrogens with two attached hydrogens (primary N) is 1. The molecule has 3 N–H and O–H groups in total. The molecule has 1 aromatic heterocycles. The summed E-state index contributed by atoms with van der Waals surface area (Å²) >= 11 is 0. The number of hydrogen-bond acceptors (Lipinski definition) is 3. The Bertz CT molecular complexity index is 331. The van der Waals surface area contributed by atoms with E-state index in [1.54, 1.807) is 12.5 Å². The van der Waals surface area contributed by atoms with E-state index >= 15 is 0 Å². The molecule has 0 aliphatic heterocycles. The van der Waals surface area contributed by atoms with Crippen molar-refractivity contribution in [2.45, 2.75) is 45.6 Å². The van der Waals surface area contributed by atoms with E-state index in [2.05, 4.69) is 17.2 Å². The summed E-state index contributed by atoms with van der Waals surface area (Å²) in [6, 6.07) is 0. The topological polar surface area (TPSA) is 72.9 Å². The summed E-state index contributed by atoms with van der Waals surface area (Å²) in [4.78, 5) is 15.7. The van der Waals surface area contributed by atoms with Crippen LogP contribution < -0.4 is 11.1 Å². The van der Waals surface area contributed by atoms with Crippen molar-refractivity contribution in [3.63, 3.8) is 0 Å². The SMILES string of the molecule is CCCC(CCN)CCC(=O)NCCn1ccnc1. The van der Waals surface area contributed by atoms with Gasteiger partial charge in [0.2, 0.25) is 5.91 Å². The van der Waals surface area contributed by atoms with Crippen molar-refractivity contribution in [1.29, 1.82) is 0 Å². The van der Waals surface area contributed by atoms with Gasteiger partial charge in [-0.05, 0) is 25.3 Å². The fraction of sp³-hybridized carbons (Fsp3) is 0.714. The lowest BCUT2D eigenvalue weighted by atomic mass is 9.94. The lowest BCUT2D eigenvalue weighted by molar-refractivity contribution is -0.121. The molecule has 1 aromatic rings. The molecule has 0 saturated heterocycles. The summed E-state index contributed by atoms with van der Waals surface area (Å²) in [7, 11) is 0. The summed E-state index contributed by atoms with van der Waals surface area (Å²) in [6.45, 7) is 4.32. The molecule has 0 saturated carbocycles. The first-order valence-electron chi connectivity index (χ1n) is 7.18. The third-order valence-electron chi connectivity index (χ3n) is 3.30. The third kappa shape index (κ3) is 6.96. The van der Waals surface area contributed by atoms with Gasteiger partial charge in [-0.3, -0.25) is 4.79 Å². The van der Waals surface area contributed by atoms with Crippen LogP contribution in [0.4, 0.5) is 0 Å². The summed E-state index contributed by atoms with van der Waals surface area (Å²) in [5, 5.41) is 2.94. The third-order valence-corrected chi connectivity index (χ3v) is 3.30. The van der Waals surface area contributed by atoms with Crippen molar-refractivity contribution in [2.75, 3.05) is 13.1 Å². The normalized spacial score (nSPS) is 12.3. The van der Waals surface area contributed by atoms with Crippen LogP contribution in [-0.2, 0) is 11.3 Å². The van der Waals surface area contributed by atoms with E-state index in [4.69, 9.17) is 5.73 Å². The molecule has 0 fully saturated rings. The van der Waals surface area contributed by atoms with Crippen molar-refractivity contribution in [1.82, 2.24) is 14.9 Å². The number of carbonyl (C=O) groups excluding carboxylic acids is 1. The number of hydrogen-bond donors (Lipinski definition) is 2. The van der Waals surface area contributed by atoms with Gasteiger partial charge >= 0.3 is 0 Å². The zero-order valence-corrected chi connectivity index (χ0v) is 11.8. The van der Waals surface area contributed by atoms with Crippen molar-refractivity contribution in [3.05, 3.63) is 18.7 Å². The minimum absolute atomic E-state index is 0.137. The molecule has 0 bridgehead atoms. The van der Waals surface area contributed by atoms with Crippen molar-refractivity contribution < 1.29 is 4.79 Å². The molecule has 5 nitrogen and oxygen atoms in total. The van der Waals surface area contributed by atoms with E-state index < -0.39 is 0 Å². The highest BCUT2D eigenvalue weighted by atomic mass is 16.1. The van der Waals surface area contributed by atoms with E-state index in [1.807, 2.05) is 10.8 Å². The number of nitrogens with zero attached hydrogens (tertiary/aromatic N) is 2. The Morgan fingerprint density at radius 2 is 2.26 bits per heavy atom.